The highest BCUT2D eigenvalue weighted by atomic mass is 16.5. The zero-order chi connectivity index (χ0) is 14.5. The van der Waals surface area contributed by atoms with Crippen molar-refractivity contribution in [2.45, 2.75) is 18.9 Å². The van der Waals surface area contributed by atoms with Crippen molar-refractivity contribution in [3.05, 3.63) is 48.8 Å². The molecular weight excluding hydrogens is 262 g/mol. The second kappa shape index (κ2) is 6.48. The molecule has 1 aromatic heterocycles. The third kappa shape index (κ3) is 3.45. The molecule has 21 heavy (non-hydrogen) atoms. The number of anilines is 2. The van der Waals surface area contributed by atoms with Crippen LogP contribution in [0.4, 0.5) is 11.4 Å². The Hall–Kier alpha value is -2.23. The minimum absolute atomic E-state index is 0.309. The number of aromatic nitrogens is 1. The maximum atomic E-state index is 6.07. The summed E-state index contributed by atoms with van der Waals surface area (Å²) < 4.78 is 6.07. The Balaban J connectivity index is 1.53. The summed E-state index contributed by atoms with van der Waals surface area (Å²) in [5.74, 6) is 0.955. The van der Waals surface area contributed by atoms with Crippen LogP contribution in [-0.4, -0.2) is 31.2 Å². The highest BCUT2D eigenvalue weighted by Gasteiger charge is 2.20. The summed E-state index contributed by atoms with van der Waals surface area (Å²) in [6, 6.07) is 12.3. The topological polar surface area (TPSA) is 37.4 Å². The molecule has 1 aliphatic rings. The lowest BCUT2D eigenvalue weighted by Gasteiger charge is -2.33. The first-order chi connectivity index (χ1) is 10.3. The molecule has 1 saturated heterocycles. The Kier molecular flexibility index (Phi) is 4.24. The van der Waals surface area contributed by atoms with Gasteiger partial charge in [0.1, 0.15) is 11.9 Å². The Morgan fingerprint density at radius 3 is 2.33 bits per heavy atom. The summed E-state index contributed by atoms with van der Waals surface area (Å²) in [5, 5.41) is 3.11. The van der Waals surface area contributed by atoms with E-state index in [1.165, 1.54) is 5.69 Å². The van der Waals surface area contributed by atoms with Gasteiger partial charge < -0.3 is 15.0 Å². The van der Waals surface area contributed by atoms with Crippen LogP contribution in [0.25, 0.3) is 0 Å². The third-order valence-corrected chi connectivity index (χ3v) is 3.92. The average Bonchev–Trinajstić information content (AvgIpc) is 2.57. The van der Waals surface area contributed by atoms with Crippen molar-refractivity contribution >= 4 is 11.4 Å². The van der Waals surface area contributed by atoms with Gasteiger partial charge in [0.15, 0.2) is 0 Å². The standard InChI is InChI=1S/C17H21N3O/c1-18-14-2-4-16(5-3-14)21-17-8-12-20(13-9-17)15-6-10-19-11-7-15/h2-7,10-11,17-18H,8-9,12-13H2,1H3. The number of hydrogen-bond acceptors (Lipinski definition) is 4. The largest absolute Gasteiger partial charge is 0.490 e. The van der Waals surface area contributed by atoms with E-state index < -0.39 is 0 Å². The summed E-state index contributed by atoms with van der Waals surface area (Å²) in [6.45, 7) is 2.06. The molecule has 2 heterocycles. The molecule has 1 fully saturated rings. The van der Waals surface area contributed by atoms with E-state index in [0.717, 1.165) is 37.4 Å². The van der Waals surface area contributed by atoms with Crippen molar-refractivity contribution < 1.29 is 4.74 Å². The molecule has 0 amide bonds. The molecule has 4 nitrogen and oxygen atoms in total. The van der Waals surface area contributed by atoms with Crippen molar-refractivity contribution in [1.82, 2.24) is 4.98 Å². The lowest BCUT2D eigenvalue weighted by atomic mass is 10.1. The smallest absolute Gasteiger partial charge is 0.119 e. The monoisotopic (exact) mass is 283 g/mol. The fraction of sp³-hybridized carbons (Fsp3) is 0.353. The molecule has 4 heteroatoms. The predicted octanol–water partition coefficient (Wildman–Crippen LogP) is 3.17. The van der Waals surface area contributed by atoms with Gasteiger partial charge in [-0.1, -0.05) is 0 Å². The van der Waals surface area contributed by atoms with Crippen LogP contribution < -0.4 is 15.0 Å². The number of benzene rings is 1. The average molecular weight is 283 g/mol. The van der Waals surface area contributed by atoms with E-state index in [1.807, 2.05) is 43.7 Å². The number of rotatable bonds is 4. The highest BCUT2D eigenvalue weighted by molar-refractivity contribution is 5.46. The summed E-state index contributed by atoms with van der Waals surface area (Å²) >= 11 is 0. The molecule has 3 rings (SSSR count). The van der Waals surface area contributed by atoms with E-state index in [4.69, 9.17) is 4.74 Å². The summed E-state index contributed by atoms with van der Waals surface area (Å²) in [6.07, 6.45) is 6.11. The maximum absolute atomic E-state index is 6.07. The molecule has 110 valence electrons. The van der Waals surface area contributed by atoms with Gasteiger partial charge in [-0.2, -0.15) is 0 Å². The number of ether oxygens (including phenoxy) is 1. The Morgan fingerprint density at radius 1 is 1.05 bits per heavy atom. The second-order valence-corrected chi connectivity index (χ2v) is 5.28. The van der Waals surface area contributed by atoms with Crippen molar-refractivity contribution in [2.24, 2.45) is 0 Å². The normalized spacial score (nSPS) is 15.8. The van der Waals surface area contributed by atoms with Crippen LogP contribution in [-0.2, 0) is 0 Å². The van der Waals surface area contributed by atoms with Crippen molar-refractivity contribution in [2.75, 3.05) is 30.4 Å². The van der Waals surface area contributed by atoms with Crippen LogP contribution in [0.15, 0.2) is 48.8 Å². The van der Waals surface area contributed by atoms with Gasteiger partial charge in [0.05, 0.1) is 0 Å². The molecule has 1 aliphatic heterocycles. The quantitative estimate of drug-likeness (QED) is 0.935. The van der Waals surface area contributed by atoms with E-state index in [1.54, 1.807) is 0 Å². The van der Waals surface area contributed by atoms with Gasteiger partial charge in [-0.3, -0.25) is 4.98 Å². The molecule has 0 bridgehead atoms. The van der Waals surface area contributed by atoms with Crippen LogP contribution in [0.5, 0.6) is 5.75 Å². The van der Waals surface area contributed by atoms with Crippen molar-refractivity contribution in [3.63, 3.8) is 0 Å². The van der Waals surface area contributed by atoms with Gasteiger partial charge in [0.2, 0.25) is 0 Å². The van der Waals surface area contributed by atoms with Crippen LogP contribution in [0, 0.1) is 0 Å². The van der Waals surface area contributed by atoms with Gasteiger partial charge in [-0.05, 0) is 36.4 Å². The number of hydrogen-bond donors (Lipinski definition) is 1. The molecule has 2 aromatic rings. The van der Waals surface area contributed by atoms with Crippen LogP contribution in [0.3, 0.4) is 0 Å². The molecule has 1 aromatic carbocycles. The molecule has 0 aliphatic carbocycles. The molecule has 0 radical (unpaired) electrons. The maximum Gasteiger partial charge on any atom is 0.119 e. The lowest BCUT2D eigenvalue weighted by molar-refractivity contribution is 0.171. The molecule has 1 N–H and O–H groups in total. The van der Waals surface area contributed by atoms with Crippen LogP contribution in [0.1, 0.15) is 12.8 Å². The van der Waals surface area contributed by atoms with E-state index in [0.29, 0.717) is 6.10 Å². The Bertz CT molecular complexity index is 548. The minimum Gasteiger partial charge on any atom is -0.490 e. The molecule has 0 spiro atoms. The first-order valence-electron chi connectivity index (χ1n) is 7.44. The third-order valence-electron chi connectivity index (χ3n) is 3.92. The number of pyridine rings is 1. The summed E-state index contributed by atoms with van der Waals surface area (Å²) in [5.41, 5.74) is 2.36. The Labute approximate surface area is 125 Å². The summed E-state index contributed by atoms with van der Waals surface area (Å²) in [7, 11) is 1.92. The van der Waals surface area contributed by atoms with Gasteiger partial charge in [-0.15, -0.1) is 0 Å². The van der Waals surface area contributed by atoms with Crippen LogP contribution in [0.2, 0.25) is 0 Å². The predicted molar refractivity (Wildman–Crippen MR) is 86.1 cm³/mol. The van der Waals surface area contributed by atoms with E-state index in [9.17, 15) is 0 Å². The van der Waals surface area contributed by atoms with Crippen LogP contribution >= 0.6 is 0 Å². The van der Waals surface area contributed by atoms with E-state index in [2.05, 4.69) is 27.3 Å². The molecule has 0 unspecified atom stereocenters. The van der Waals surface area contributed by atoms with Gasteiger partial charge in [0.25, 0.3) is 0 Å². The van der Waals surface area contributed by atoms with Crippen molar-refractivity contribution in [1.29, 1.82) is 0 Å². The fourth-order valence-corrected chi connectivity index (χ4v) is 2.68. The lowest BCUT2D eigenvalue weighted by Crippen LogP contribution is -2.38. The number of nitrogens with one attached hydrogen (secondary N) is 1. The number of piperidine rings is 1. The first-order valence-corrected chi connectivity index (χ1v) is 7.44. The van der Waals surface area contributed by atoms with E-state index >= 15 is 0 Å². The highest BCUT2D eigenvalue weighted by Crippen LogP contribution is 2.23. The van der Waals surface area contributed by atoms with Gasteiger partial charge >= 0.3 is 0 Å². The van der Waals surface area contributed by atoms with Crippen molar-refractivity contribution in [3.8, 4) is 5.75 Å². The van der Waals surface area contributed by atoms with E-state index in [-0.39, 0.29) is 0 Å². The molecular formula is C17H21N3O. The first kappa shape index (κ1) is 13.7. The zero-order valence-corrected chi connectivity index (χ0v) is 12.3. The molecule has 0 atom stereocenters. The van der Waals surface area contributed by atoms with Gasteiger partial charge in [-0.25, -0.2) is 0 Å². The summed E-state index contributed by atoms with van der Waals surface area (Å²) in [4.78, 5) is 6.46. The fourth-order valence-electron chi connectivity index (χ4n) is 2.68. The van der Waals surface area contributed by atoms with Gasteiger partial charge in [0, 0.05) is 56.7 Å². The Morgan fingerprint density at radius 2 is 1.71 bits per heavy atom. The SMILES string of the molecule is CNc1ccc(OC2CCN(c3ccncc3)CC2)cc1. The minimum atomic E-state index is 0.309. The number of nitrogens with zero attached hydrogens (tertiary/aromatic N) is 2. The zero-order valence-electron chi connectivity index (χ0n) is 12.3. The molecule has 0 saturated carbocycles. The second-order valence-electron chi connectivity index (χ2n) is 5.28.